The molecule has 0 unspecified atom stereocenters. The molecule has 0 heterocycles. The summed E-state index contributed by atoms with van der Waals surface area (Å²) in [4.78, 5) is 12.2. The third-order valence-electron chi connectivity index (χ3n) is 3.84. The number of rotatable bonds is 6. The van der Waals surface area contributed by atoms with Crippen molar-refractivity contribution in [2.45, 2.75) is 30.7 Å². The van der Waals surface area contributed by atoms with Gasteiger partial charge in [0.1, 0.15) is 0 Å². The molecule has 6 heteroatoms. The Labute approximate surface area is 147 Å². The normalized spacial score (nSPS) is 14.6. The average molecular weight is 356 g/mol. The van der Waals surface area contributed by atoms with E-state index in [4.69, 9.17) is 0 Å². The summed E-state index contributed by atoms with van der Waals surface area (Å²) in [6, 6.07) is 14.0. The van der Waals surface area contributed by atoms with Gasteiger partial charge in [-0.2, -0.15) is 0 Å². The van der Waals surface area contributed by atoms with Crippen LogP contribution in [-0.4, -0.2) is 20.4 Å². The van der Waals surface area contributed by atoms with E-state index < -0.39 is 10.0 Å². The number of anilines is 1. The molecule has 5 nitrogen and oxygen atoms in total. The van der Waals surface area contributed by atoms with Crippen LogP contribution in [0, 0.1) is 6.92 Å². The summed E-state index contributed by atoms with van der Waals surface area (Å²) in [5, 5.41) is 2.71. The van der Waals surface area contributed by atoms with Crippen molar-refractivity contribution >= 4 is 27.7 Å². The zero-order valence-electron chi connectivity index (χ0n) is 13.9. The molecule has 3 rings (SSSR count). The van der Waals surface area contributed by atoms with Crippen LogP contribution in [-0.2, 0) is 14.8 Å². The summed E-state index contributed by atoms with van der Waals surface area (Å²) >= 11 is 0. The number of benzene rings is 2. The van der Waals surface area contributed by atoms with Gasteiger partial charge in [0.2, 0.25) is 15.9 Å². The number of aryl methyl sites for hydroxylation is 1. The van der Waals surface area contributed by atoms with Crippen LogP contribution in [0.25, 0.3) is 6.08 Å². The van der Waals surface area contributed by atoms with Gasteiger partial charge in [0, 0.05) is 17.8 Å². The molecule has 0 aromatic heterocycles. The predicted molar refractivity (Wildman–Crippen MR) is 98.6 cm³/mol. The lowest BCUT2D eigenvalue weighted by Gasteiger charge is -2.07. The van der Waals surface area contributed by atoms with E-state index >= 15 is 0 Å². The van der Waals surface area contributed by atoms with Crippen molar-refractivity contribution in [2.24, 2.45) is 0 Å². The molecule has 0 atom stereocenters. The fourth-order valence-corrected chi connectivity index (χ4v) is 3.54. The maximum atomic E-state index is 12.1. The fraction of sp³-hybridized carbons (Fsp3) is 0.211. The lowest BCUT2D eigenvalue weighted by atomic mass is 10.1. The number of hydrogen-bond acceptors (Lipinski definition) is 3. The van der Waals surface area contributed by atoms with Gasteiger partial charge in [-0.05, 0) is 55.7 Å². The summed E-state index contributed by atoms with van der Waals surface area (Å²) in [6.07, 6.45) is 4.96. The minimum absolute atomic E-state index is 0.0660. The van der Waals surface area contributed by atoms with E-state index in [9.17, 15) is 13.2 Å². The van der Waals surface area contributed by atoms with Crippen LogP contribution in [0.15, 0.2) is 59.5 Å². The number of carbonyl (C=O) groups excluding carboxylic acids is 1. The maximum absolute atomic E-state index is 12.1. The van der Waals surface area contributed by atoms with Crippen LogP contribution in [0.1, 0.15) is 24.0 Å². The van der Waals surface area contributed by atoms with Crippen LogP contribution in [0.2, 0.25) is 0 Å². The first-order chi connectivity index (χ1) is 11.9. The second kappa shape index (κ2) is 7.21. The van der Waals surface area contributed by atoms with Gasteiger partial charge in [0.15, 0.2) is 0 Å². The molecular formula is C19H20N2O3S. The van der Waals surface area contributed by atoms with Crippen LogP contribution in [0.5, 0.6) is 0 Å². The molecule has 0 aliphatic heterocycles. The zero-order valence-corrected chi connectivity index (χ0v) is 14.7. The van der Waals surface area contributed by atoms with Gasteiger partial charge in [-0.15, -0.1) is 0 Å². The summed E-state index contributed by atoms with van der Waals surface area (Å²) < 4.78 is 26.8. The van der Waals surface area contributed by atoms with E-state index in [0.29, 0.717) is 5.69 Å². The van der Waals surface area contributed by atoms with E-state index in [-0.39, 0.29) is 16.8 Å². The van der Waals surface area contributed by atoms with Gasteiger partial charge in [-0.1, -0.05) is 29.8 Å². The predicted octanol–water partition coefficient (Wildman–Crippen LogP) is 3.09. The molecule has 2 aromatic carbocycles. The molecule has 130 valence electrons. The number of sulfonamides is 1. The van der Waals surface area contributed by atoms with Crippen molar-refractivity contribution in [3.05, 3.63) is 65.7 Å². The topological polar surface area (TPSA) is 75.3 Å². The van der Waals surface area contributed by atoms with Crippen molar-refractivity contribution in [1.29, 1.82) is 0 Å². The quantitative estimate of drug-likeness (QED) is 0.781. The first-order valence-corrected chi connectivity index (χ1v) is 9.59. The molecule has 1 fully saturated rings. The van der Waals surface area contributed by atoms with Crippen molar-refractivity contribution in [1.82, 2.24) is 4.72 Å². The first kappa shape index (κ1) is 17.4. The zero-order chi connectivity index (χ0) is 17.9. The van der Waals surface area contributed by atoms with Crippen molar-refractivity contribution < 1.29 is 13.2 Å². The minimum Gasteiger partial charge on any atom is -0.323 e. The molecule has 0 spiro atoms. The summed E-state index contributed by atoms with van der Waals surface area (Å²) in [6.45, 7) is 2.00. The molecule has 0 saturated heterocycles. The van der Waals surface area contributed by atoms with E-state index in [1.807, 2.05) is 31.2 Å². The highest BCUT2D eigenvalue weighted by Crippen LogP contribution is 2.22. The van der Waals surface area contributed by atoms with Gasteiger partial charge < -0.3 is 5.32 Å². The lowest BCUT2D eigenvalue weighted by molar-refractivity contribution is -0.111. The van der Waals surface area contributed by atoms with Crippen LogP contribution >= 0.6 is 0 Å². The molecule has 0 bridgehead atoms. The van der Waals surface area contributed by atoms with Crippen molar-refractivity contribution in [3.63, 3.8) is 0 Å². The maximum Gasteiger partial charge on any atom is 0.248 e. The van der Waals surface area contributed by atoms with Crippen LogP contribution < -0.4 is 10.0 Å². The van der Waals surface area contributed by atoms with E-state index in [1.54, 1.807) is 18.2 Å². The van der Waals surface area contributed by atoms with E-state index in [0.717, 1.165) is 24.0 Å². The van der Waals surface area contributed by atoms with Crippen molar-refractivity contribution in [3.8, 4) is 0 Å². The first-order valence-electron chi connectivity index (χ1n) is 8.10. The third-order valence-corrected chi connectivity index (χ3v) is 5.37. The molecule has 25 heavy (non-hydrogen) atoms. The Morgan fingerprint density at radius 2 is 1.68 bits per heavy atom. The molecule has 1 amide bonds. The molecule has 1 aliphatic carbocycles. The number of amides is 1. The second-order valence-corrected chi connectivity index (χ2v) is 7.87. The summed E-state index contributed by atoms with van der Waals surface area (Å²) in [7, 11) is -3.47. The van der Waals surface area contributed by atoms with Crippen LogP contribution in [0.4, 0.5) is 5.69 Å². The Kier molecular flexibility index (Phi) is 5.01. The summed E-state index contributed by atoms with van der Waals surface area (Å²) in [5.74, 6) is -0.271. The summed E-state index contributed by atoms with van der Waals surface area (Å²) in [5.41, 5.74) is 2.64. The third kappa shape index (κ3) is 5.01. The molecule has 1 saturated carbocycles. The average Bonchev–Trinajstić information content (AvgIpc) is 3.38. The van der Waals surface area contributed by atoms with Gasteiger partial charge in [-0.3, -0.25) is 4.79 Å². The van der Waals surface area contributed by atoms with Crippen LogP contribution in [0.3, 0.4) is 0 Å². The van der Waals surface area contributed by atoms with Gasteiger partial charge >= 0.3 is 0 Å². The number of nitrogens with one attached hydrogen (secondary N) is 2. The Hall–Kier alpha value is -2.44. The highest BCUT2D eigenvalue weighted by Gasteiger charge is 2.27. The highest BCUT2D eigenvalue weighted by molar-refractivity contribution is 7.89. The Bertz CT molecular complexity index is 881. The smallest absolute Gasteiger partial charge is 0.248 e. The molecule has 1 aliphatic rings. The van der Waals surface area contributed by atoms with E-state index in [2.05, 4.69) is 10.0 Å². The number of hydrogen-bond donors (Lipinski definition) is 2. The van der Waals surface area contributed by atoms with Crippen molar-refractivity contribution in [2.75, 3.05) is 5.32 Å². The van der Waals surface area contributed by atoms with Gasteiger partial charge in [-0.25, -0.2) is 13.1 Å². The highest BCUT2D eigenvalue weighted by atomic mass is 32.2. The van der Waals surface area contributed by atoms with Gasteiger partial charge in [0.05, 0.1) is 4.90 Å². The Balaban J connectivity index is 1.60. The minimum atomic E-state index is -3.47. The molecule has 0 radical (unpaired) electrons. The largest absolute Gasteiger partial charge is 0.323 e. The molecular weight excluding hydrogens is 336 g/mol. The molecule has 2 aromatic rings. The van der Waals surface area contributed by atoms with Gasteiger partial charge in [0.25, 0.3) is 0 Å². The lowest BCUT2D eigenvalue weighted by Crippen LogP contribution is -2.25. The SMILES string of the molecule is Cc1ccc(C=CC(=O)Nc2ccc(S(=O)(=O)NC3CC3)cc2)cc1. The molecule has 2 N–H and O–H groups in total. The fourth-order valence-electron chi connectivity index (χ4n) is 2.24. The van der Waals surface area contributed by atoms with E-state index in [1.165, 1.54) is 18.2 Å². The Morgan fingerprint density at radius 1 is 1.04 bits per heavy atom. The Morgan fingerprint density at radius 3 is 2.28 bits per heavy atom. The second-order valence-electron chi connectivity index (χ2n) is 6.15. The monoisotopic (exact) mass is 356 g/mol. The number of carbonyl (C=O) groups is 1. The standard InChI is InChI=1S/C19H20N2O3S/c1-14-2-4-15(5-3-14)6-13-19(22)20-16-9-11-18(12-10-16)25(23,24)21-17-7-8-17/h2-6,9-13,17,21H,7-8H2,1H3,(H,20,22).